The molecule has 202 valence electrons. The smallest absolute Gasteiger partial charge is 0.247 e. The van der Waals surface area contributed by atoms with E-state index in [4.69, 9.17) is 9.47 Å². The number of nitrogens with zero attached hydrogens (tertiary/aromatic N) is 4. The molecular formula is C29H30FN5O4. The number of para-hydroxylation sites is 1. The summed E-state index contributed by atoms with van der Waals surface area (Å²) < 4.78 is 26.3. The fraction of sp³-hybridized carbons (Fsp3) is 0.310. The molecular weight excluding hydrogens is 501 g/mol. The minimum absolute atomic E-state index is 0.0740. The minimum atomic E-state index is -1.02. The summed E-state index contributed by atoms with van der Waals surface area (Å²) >= 11 is 0. The van der Waals surface area contributed by atoms with Crippen LogP contribution in [-0.2, 0) is 27.4 Å². The molecule has 0 aliphatic carbocycles. The molecule has 1 fully saturated rings. The van der Waals surface area contributed by atoms with Gasteiger partial charge in [-0.15, -0.1) is 5.10 Å². The van der Waals surface area contributed by atoms with Gasteiger partial charge >= 0.3 is 0 Å². The van der Waals surface area contributed by atoms with Crippen LogP contribution in [0.25, 0.3) is 11.0 Å². The van der Waals surface area contributed by atoms with Gasteiger partial charge in [-0.25, -0.2) is 9.07 Å². The molecule has 10 heteroatoms. The zero-order valence-electron chi connectivity index (χ0n) is 21.6. The molecule has 2 atom stereocenters. The second-order valence-corrected chi connectivity index (χ2v) is 9.44. The number of fused-ring (bicyclic) bond motifs is 1. The molecule has 1 aromatic heterocycles. The van der Waals surface area contributed by atoms with Gasteiger partial charge in [-0.2, -0.15) is 0 Å². The number of nitrogens with one attached hydrogen (secondary N) is 1. The predicted octanol–water partition coefficient (Wildman–Crippen LogP) is 3.64. The number of ether oxygens (including phenoxy) is 2. The van der Waals surface area contributed by atoms with E-state index in [2.05, 4.69) is 15.6 Å². The Morgan fingerprint density at radius 1 is 1.13 bits per heavy atom. The third kappa shape index (κ3) is 6.23. The zero-order valence-corrected chi connectivity index (χ0v) is 21.6. The number of benzene rings is 3. The standard InChI is InChI=1S/C29H30FN5O4/c1-38-23-14-8-20(9-15-23)18-34(27(36)19-35-26-7-3-2-6-25(26)32-33-35)28(21-10-12-22(30)13-11-21)29(37)31-17-24-5-4-16-39-24/h2-3,6-15,24,28H,4-5,16-19H2,1H3,(H,31,37). The first-order valence-electron chi connectivity index (χ1n) is 12.9. The third-order valence-corrected chi connectivity index (χ3v) is 6.81. The van der Waals surface area contributed by atoms with Crippen LogP contribution < -0.4 is 10.1 Å². The van der Waals surface area contributed by atoms with Crippen molar-refractivity contribution >= 4 is 22.8 Å². The molecule has 4 aromatic rings. The normalized spacial score (nSPS) is 15.7. The largest absolute Gasteiger partial charge is 0.497 e. The van der Waals surface area contributed by atoms with Gasteiger partial charge in [0.2, 0.25) is 11.8 Å². The Morgan fingerprint density at radius 3 is 2.62 bits per heavy atom. The number of aromatic nitrogens is 3. The van der Waals surface area contributed by atoms with Crippen LogP contribution >= 0.6 is 0 Å². The monoisotopic (exact) mass is 531 g/mol. The maximum Gasteiger partial charge on any atom is 0.247 e. The summed E-state index contributed by atoms with van der Waals surface area (Å²) in [5, 5.41) is 11.3. The maximum absolute atomic E-state index is 14.0. The summed E-state index contributed by atoms with van der Waals surface area (Å²) in [5.41, 5.74) is 2.66. The van der Waals surface area contributed by atoms with Crippen molar-refractivity contribution in [1.82, 2.24) is 25.2 Å². The fourth-order valence-electron chi connectivity index (χ4n) is 4.74. The second kappa shape index (κ2) is 12.0. The van der Waals surface area contributed by atoms with Crippen molar-refractivity contribution in [2.45, 2.75) is 38.1 Å². The number of rotatable bonds is 10. The summed E-state index contributed by atoms with van der Waals surface area (Å²) in [7, 11) is 1.58. The molecule has 9 nitrogen and oxygen atoms in total. The van der Waals surface area contributed by atoms with Crippen molar-refractivity contribution < 1.29 is 23.5 Å². The van der Waals surface area contributed by atoms with Crippen LogP contribution in [0.15, 0.2) is 72.8 Å². The van der Waals surface area contributed by atoms with Crippen molar-refractivity contribution in [2.24, 2.45) is 0 Å². The number of carbonyl (C=O) groups excluding carboxylic acids is 2. The SMILES string of the molecule is COc1ccc(CN(C(=O)Cn2nnc3ccccc32)C(C(=O)NCC2CCCO2)c2ccc(F)cc2)cc1. The summed E-state index contributed by atoms with van der Waals surface area (Å²) in [6, 6.07) is 19.3. The van der Waals surface area contributed by atoms with Crippen molar-refractivity contribution in [3.05, 3.63) is 89.7 Å². The lowest BCUT2D eigenvalue weighted by atomic mass is 10.0. The van der Waals surface area contributed by atoms with Gasteiger partial charge in [-0.3, -0.25) is 9.59 Å². The first kappa shape index (κ1) is 26.3. The van der Waals surface area contributed by atoms with E-state index in [9.17, 15) is 14.0 Å². The summed E-state index contributed by atoms with van der Waals surface area (Å²) in [5.74, 6) is -0.472. The van der Waals surface area contributed by atoms with Crippen LogP contribution in [0, 0.1) is 5.82 Å². The van der Waals surface area contributed by atoms with Crippen LogP contribution in [0.1, 0.15) is 30.0 Å². The van der Waals surface area contributed by atoms with Crippen LogP contribution in [0.3, 0.4) is 0 Å². The van der Waals surface area contributed by atoms with Crippen LogP contribution in [0.4, 0.5) is 4.39 Å². The van der Waals surface area contributed by atoms with E-state index in [0.717, 1.165) is 18.4 Å². The fourth-order valence-corrected chi connectivity index (χ4v) is 4.74. The zero-order chi connectivity index (χ0) is 27.2. The Morgan fingerprint density at radius 2 is 1.90 bits per heavy atom. The van der Waals surface area contributed by atoms with Gasteiger partial charge in [0.05, 0.1) is 18.7 Å². The predicted molar refractivity (Wildman–Crippen MR) is 142 cm³/mol. The number of hydrogen-bond donors (Lipinski definition) is 1. The highest BCUT2D eigenvalue weighted by Gasteiger charge is 2.33. The number of carbonyl (C=O) groups is 2. The molecule has 0 saturated carbocycles. The first-order chi connectivity index (χ1) is 19.0. The van der Waals surface area contributed by atoms with Gasteiger partial charge in [0.1, 0.15) is 29.7 Å². The van der Waals surface area contributed by atoms with Crippen molar-refractivity contribution in [1.29, 1.82) is 0 Å². The first-order valence-corrected chi connectivity index (χ1v) is 12.9. The summed E-state index contributed by atoms with van der Waals surface area (Å²) in [6.07, 6.45) is 1.72. The van der Waals surface area contributed by atoms with E-state index < -0.39 is 11.9 Å². The molecule has 0 radical (unpaired) electrons. The highest BCUT2D eigenvalue weighted by atomic mass is 19.1. The average molecular weight is 532 g/mol. The number of amides is 2. The quantitative estimate of drug-likeness (QED) is 0.336. The lowest BCUT2D eigenvalue weighted by Crippen LogP contribution is -2.46. The Balaban J connectivity index is 1.49. The van der Waals surface area contributed by atoms with Gasteiger partial charge in [0, 0.05) is 19.7 Å². The van der Waals surface area contributed by atoms with Gasteiger partial charge in [-0.1, -0.05) is 41.6 Å². The number of halogens is 1. The van der Waals surface area contributed by atoms with E-state index in [1.165, 1.54) is 33.8 Å². The second-order valence-electron chi connectivity index (χ2n) is 9.44. The highest BCUT2D eigenvalue weighted by molar-refractivity contribution is 5.89. The number of hydrogen-bond acceptors (Lipinski definition) is 6. The van der Waals surface area contributed by atoms with E-state index in [-0.39, 0.29) is 31.0 Å². The topological polar surface area (TPSA) is 98.6 Å². The highest BCUT2D eigenvalue weighted by Crippen LogP contribution is 2.26. The van der Waals surface area contributed by atoms with Crippen molar-refractivity contribution in [3.63, 3.8) is 0 Å². The molecule has 2 unspecified atom stereocenters. The van der Waals surface area contributed by atoms with Crippen LogP contribution in [-0.4, -0.2) is 58.1 Å². The maximum atomic E-state index is 14.0. The Kier molecular flexibility index (Phi) is 8.12. The molecule has 5 rings (SSSR count). The Labute approximate surface area is 225 Å². The minimum Gasteiger partial charge on any atom is -0.497 e. The van der Waals surface area contributed by atoms with Crippen molar-refractivity contribution in [2.75, 3.05) is 20.3 Å². The molecule has 1 aliphatic rings. The molecule has 0 spiro atoms. The molecule has 39 heavy (non-hydrogen) atoms. The molecule has 1 saturated heterocycles. The van der Waals surface area contributed by atoms with E-state index in [1.54, 1.807) is 19.2 Å². The molecule has 2 amide bonds. The lowest BCUT2D eigenvalue weighted by molar-refractivity contribution is -0.142. The van der Waals surface area contributed by atoms with Crippen LogP contribution in [0.5, 0.6) is 5.75 Å². The Bertz CT molecular complexity index is 1420. The van der Waals surface area contributed by atoms with Crippen LogP contribution in [0.2, 0.25) is 0 Å². The average Bonchev–Trinajstić information content (AvgIpc) is 3.63. The Hall–Kier alpha value is -4.31. The van der Waals surface area contributed by atoms with Gasteiger partial charge < -0.3 is 19.7 Å². The summed E-state index contributed by atoms with van der Waals surface area (Å²) in [4.78, 5) is 29.2. The summed E-state index contributed by atoms with van der Waals surface area (Å²) in [6.45, 7) is 0.989. The van der Waals surface area contributed by atoms with E-state index in [1.807, 2.05) is 36.4 Å². The molecule has 0 bridgehead atoms. The molecule has 2 heterocycles. The van der Waals surface area contributed by atoms with Gasteiger partial charge in [0.25, 0.3) is 0 Å². The van der Waals surface area contributed by atoms with E-state index in [0.29, 0.717) is 35.5 Å². The van der Waals surface area contributed by atoms with E-state index >= 15 is 0 Å². The number of methoxy groups -OCH3 is 1. The molecule has 1 N–H and O–H groups in total. The molecule has 3 aromatic carbocycles. The lowest BCUT2D eigenvalue weighted by Gasteiger charge is -2.32. The third-order valence-electron chi connectivity index (χ3n) is 6.81. The molecule has 1 aliphatic heterocycles. The van der Waals surface area contributed by atoms with Gasteiger partial charge in [0.15, 0.2) is 0 Å². The van der Waals surface area contributed by atoms with Crippen molar-refractivity contribution in [3.8, 4) is 5.75 Å². The van der Waals surface area contributed by atoms with Gasteiger partial charge in [-0.05, 0) is 60.4 Å².